The Morgan fingerprint density at radius 2 is 2.05 bits per heavy atom. The molecule has 1 aliphatic rings. The van der Waals surface area contributed by atoms with Crippen molar-refractivity contribution >= 4 is 35.1 Å². The van der Waals surface area contributed by atoms with Crippen LogP contribution in [0.4, 0.5) is 0 Å². The molecule has 1 amide bonds. The average Bonchev–Trinajstić information content (AvgIpc) is 2.76. The van der Waals surface area contributed by atoms with Crippen molar-refractivity contribution in [3.8, 4) is 0 Å². The third-order valence-corrected chi connectivity index (χ3v) is 4.35. The number of carbonyl (C=O) groups excluding carboxylic acids is 1. The fourth-order valence-corrected chi connectivity index (χ4v) is 2.85. The van der Waals surface area contributed by atoms with Gasteiger partial charge in [0.2, 0.25) is 5.91 Å². The van der Waals surface area contributed by atoms with Gasteiger partial charge in [0, 0.05) is 6.54 Å². The van der Waals surface area contributed by atoms with E-state index in [1.807, 2.05) is 6.92 Å². The van der Waals surface area contributed by atoms with Gasteiger partial charge in [-0.15, -0.1) is 0 Å². The summed E-state index contributed by atoms with van der Waals surface area (Å²) >= 11 is 11.7. The zero-order chi connectivity index (χ0) is 14.9. The molecule has 0 saturated carbocycles. The van der Waals surface area contributed by atoms with Crippen LogP contribution in [-0.2, 0) is 16.0 Å². The monoisotopic (exact) mass is 315 g/mol. The van der Waals surface area contributed by atoms with Crippen LogP contribution in [0.15, 0.2) is 18.2 Å². The van der Waals surface area contributed by atoms with Crippen molar-refractivity contribution in [2.75, 3.05) is 6.54 Å². The molecule has 108 valence electrons. The predicted octanol–water partition coefficient (Wildman–Crippen LogP) is 2.86. The van der Waals surface area contributed by atoms with Gasteiger partial charge in [-0.25, -0.2) is 4.79 Å². The molecule has 1 aliphatic heterocycles. The lowest BCUT2D eigenvalue weighted by atomic mass is 10.0. The third-order valence-electron chi connectivity index (χ3n) is 3.61. The Hall–Kier alpha value is -1.26. The van der Waals surface area contributed by atoms with Crippen molar-refractivity contribution in [2.24, 2.45) is 5.92 Å². The smallest absolute Gasteiger partial charge is 0.326 e. The number of halogens is 2. The third kappa shape index (κ3) is 3.07. The molecule has 0 bridgehead atoms. The summed E-state index contributed by atoms with van der Waals surface area (Å²) in [5.74, 6) is -1.16. The Morgan fingerprint density at radius 1 is 1.35 bits per heavy atom. The minimum Gasteiger partial charge on any atom is -0.480 e. The number of hydrogen-bond donors (Lipinski definition) is 1. The van der Waals surface area contributed by atoms with Gasteiger partial charge in [0.25, 0.3) is 0 Å². The summed E-state index contributed by atoms with van der Waals surface area (Å²) in [6.07, 6.45) is 0.845. The van der Waals surface area contributed by atoms with Crippen molar-refractivity contribution in [3.05, 3.63) is 33.8 Å². The molecule has 2 rings (SSSR count). The number of rotatable bonds is 3. The van der Waals surface area contributed by atoms with Gasteiger partial charge in [0.15, 0.2) is 0 Å². The van der Waals surface area contributed by atoms with Crippen LogP contribution in [0.2, 0.25) is 10.0 Å². The summed E-state index contributed by atoms with van der Waals surface area (Å²) in [6, 6.07) is 4.26. The van der Waals surface area contributed by atoms with Gasteiger partial charge in [-0.2, -0.15) is 0 Å². The molecule has 1 aromatic rings. The van der Waals surface area contributed by atoms with E-state index >= 15 is 0 Å². The van der Waals surface area contributed by atoms with Crippen molar-refractivity contribution in [1.82, 2.24) is 4.90 Å². The van der Waals surface area contributed by atoms with E-state index in [4.69, 9.17) is 23.2 Å². The van der Waals surface area contributed by atoms with E-state index in [2.05, 4.69) is 0 Å². The first-order valence-corrected chi connectivity index (χ1v) is 7.12. The maximum Gasteiger partial charge on any atom is 0.326 e. The summed E-state index contributed by atoms with van der Waals surface area (Å²) < 4.78 is 0. The molecule has 4 nitrogen and oxygen atoms in total. The van der Waals surface area contributed by atoms with E-state index in [-0.39, 0.29) is 18.2 Å². The molecule has 0 aromatic heterocycles. The minimum atomic E-state index is -0.947. The van der Waals surface area contributed by atoms with Crippen LogP contribution in [0.5, 0.6) is 0 Å². The van der Waals surface area contributed by atoms with Gasteiger partial charge in [-0.05, 0) is 30.0 Å². The van der Waals surface area contributed by atoms with Gasteiger partial charge >= 0.3 is 5.97 Å². The Balaban J connectivity index is 2.11. The number of aliphatic carboxylic acids is 1. The van der Waals surface area contributed by atoms with E-state index in [0.29, 0.717) is 23.0 Å². The molecule has 1 N–H and O–H groups in total. The number of carboxylic acids is 1. The molecule has 1 fully saturated rings. The maximum atomic E-state index is 12.3. The summed E-state index contributed by atoms with van der Waals surface area (Å²) in [7, 11) is 0. The van der Waals surface area contributed by atoms with Gasteiger partial charge < -0.3 is 10.0 Å². The number of carbonyl (C=O) groups is 2. The SMILES string of the molecule is CC1CCN(C(=O)Cc2ccc(Cl)c(Cl)c2)C1C(=O)O. The first-order valence-electron chi connectivity index (χ1n) is 6.36. The van der Waals surface area contributed by atoms with Gasteiger partial charge in [0.1, 0.15) is 6.04 Å². The van der Waals surface area contributed by atoms with E-state index in [9.17, 15) is 14.7 Å². The lowest BCUT2D eigenvalue weighted by Gasteiger charge is -2.23. The quantitative estimate of drug-likeness (QED) is 0.933. The number of nitrogens with zero attached hydrogens (tertiary/aromatic N) is 1. The van der Waals surface area contributed by atoms with Gasteiger partial charge in [-0.3, -0.25) is 4.79 Å². The second-order valence-corrected chi connectivity index (χ2v) is 5.88. The average molecular weight is 316 g/mol. The van der Waals surface area contributed by atoms with Crippen LogP contribution in [0.25, 0.3) is 0 Å². The molecule has 2 atom stereocenters. The highest BCUT2D eigenvalue weighted by Gasteiger charge is 2.39. The molecule has 1 aromatic carbocycles. The largest absolute Gasteiger partial charge is 0.480 e. The molecular formula is C14H15Cl2NO3. The summed E-state index contributed by atoms with van der Waals surface area (Å²) in [5, 5.41) is 10.0. The molecule has 0 spiro atoms. The molecule has 20 heavy (non-hydrogen) atoms. The van der Waals surface area contributed by atoms with Crippen LogP contribution < -0.4 is 0 Å². The molecular weight excluding hydrogens is 301 g/mol. The first-order chi connectivity index (χ1) is 9.40. The molecule has 1 heterocycles. The standard InChI is InChI=1S/C14H15Cl2NO3/c1-8-4-5-17(13(8)14(19)20)12(18)7-9-2-3-10(15)11(16)6-9/h2-3,6,8,13H,4-5,7H2,1H3,(H,19,20). The summed E-state index contributed by atoms with van der Waals surface area (Å²) in [5.41, 5.74) is 0.730. The summed E-state index contributed by atoms with van der Waals surface area (Å²) in [4.78, 5) is 24.9. The van der Waals surface area contributed by atoms with E-state index in [1.165, 1.54) is 4.90 Å². The highest BCUT2D eigenvalue weighted by Crippen LogP contribution is 2.26. The van der Waals surface area contributed by atoms with Crippen LogP contribution >= 0.6 is 23.2 Å². The van der Waals surface area contributed by atoms with Crippen molar-refractivity contribution in [2.45, 2.75) is 25.8 Å². The zero-order valence-corrected chi connectivity index (χ0v) is 12.5. The fourth-order valence-electron chi connectivity index (χ4n) is 2.53. The zero-order valence-electron chi connectivity index (χ0n) is 11.0. The second kappa shape index (κ2) is 6.02. The molecule has 2 unspecified atom stereocenters. The van der Waals surface area contributed by atoms with Gasteiger partial charge in [0.05, 0.1) is 16.5 Å². The highest BCUT2D eigenvalue weighted by atomic mass is 35.5. The molecule has 0 aliphatic carbocycles. The van der Waals surface area contributed by atoms with E-state index in [0.717, 1.165) is 5.56 Å². The van der Waals surface area contributed by atoms with Gasteiger partial charge in [-0.1, -0.05) is 36.2 Å². The highest BCUT2D eigenvalue weighted by molar-refractivity contribution is 6.42. The van der Waals surface area contributed by atoms with Crippen LogP contribution in [0.3, 0.4) is 0 Å². The fraction of sp³-hybridized carbons (Fsp3) is 0.429. The molecule has 0 radical (unpaired) electrons. The second-order valence-electron chi connectivity index (χ2n) is 5.06. The first kappa shape index (κ1) is 15.1. The Labute approximate surface area is 127 Å². The predicted molar refractivity (Wildman–Crippen MR) is 77.1 cm³/mol. The Kier molecular flexibility index (Phi) is 4.55. The van der Waals surface area contributed by atoms with Crippen molar-refractivity contribution in [1.29, 1.82) is 0 Å². The number of amides is 1. The van der Waals surface area contributed by atoms with E-state index < -0.39 is 12.0 Å². The summed E-state index contributed by atoms with van der Waals surface area (Å²) in [6.45, 7) is 2.34. The number of hydrogen-bond acceptors (Lipinski definition) is 2. The van der Waals surface area contributed by atoms with Crippen molar-refractivity contribution < 1.29 is 14.7 Å². The van der Waals surface area contributed by atoms with E-state index in [1.54, 1.807) is 18.2 Å². The minimum absolute atomic E-state index is 0.0229. The number of carboxylic acid groups (broad SMARTS) is 1. The Bertz CT molecular complexity index is 547. The van der Waals surface area contributed by atoms with Crippen LogP contribution in [-0.4, -0.2) is 34.5 Å². The Morgan fingerprint density at radius 3 is 2.65 bits per heavy atom. The lowest BCUT2D eigenvalue weighted by molar-refractivity contribution is -0.149. The maximum absolute atomic E-state index is 12.3. The number of likely N-dealkylation sites (tertiary alicyclic amines) is 1. The van der Waals surface area contributed by atoms with Crippen molar-refractivity contribution in [3.63, 3.8) is 0 Å². The van der Waals surface area contributed by atoms with Crippen LogP contribution in [0.1, 0.15) is 18.9 Å². The lowest BCUT2D eigenvalue weighted by Crippen LogP contribution is -2.43. The topological polar surface area (TPSA) is 57.6 Å². The normalized spacial score (nSPS) is 22.1. The van der Waals surface area contributed by atoms with Crippen LogP contribution in [0, 0.1) is 5.92 Å². The molecule has 6 heteroatoms. The molecule has 1 saturated heterocycles. The number of benzene rings is 1.